The Labute approximate surface area is 127 Å². The van der Waals surface area contributed by atoms with E-state index in [0.717, 1.165) is 0 Å². The molecule has 0 atom stereocenters. The zero-order valence-corrected chi connectivity index (χ0v) is 12.1. The first kappa shape index (κ1) is 14.0. The third-order valence-corrected chi connectivity index (χ3v) is 3.72. The molecular weight excluding hydrogens is 296 g/mol. The summed E-state index contributed by atoms with van der Waals surface area (Å²) in [5.74, 6) is 0.768. The van der Waals surface area contributed by atoms with Gasteiger partial charge >= 0.3 is 0 Å². The molecule has 0 spiro atoms. The summed E-state index contributed by atoms with van der Waals surface area (Å²) in [6, 6.07) is 3.22. The van der Waals surface area contributed by atoms with Crippen LogP contribution in [0.5, 0.6) is 11.5 Å². The first-order chi connectivity index (χ1) is 10.1. The Morgan fingerprint density at radius 2 is 2.05 bits per heavy atom. The monoisotopic (exact) mass is 310 g/mol. The second-order valence-electron chi connectivity index (χ2n) is 4.87. The number of fused-ring (bicyclic) bond motifs is 1. The van der Waals surface area contributed by atoms with E-state index >= 15 is 0 Å². The van der Waals surface area contributed by atoms with Gasteiger partial charge in [0.15, 0.2) is 11.5 Å². The van der Waals surface area contributed by atoms with Gasteiger partial charge in [0.05, 0.1) is 5.02 Å². The lowest BCUT2D eigenvalue weighted by molar-refractivity contribution is -0.120. The van der Waals surface area contributed by atoms with Crippen LogP contribution in [0.4, 0.5) is 0 Å². The number of halogens is 1. The summed E-state index contributed by atoms with van der Waals surface area (Å²) in [6.07, 6.45) is 0.310. The van der Waals surface area contributed by atoms with Gasteiger partial charge in [0.2, 0.25) is 5.91 Å². The van der Waals surface area contributed by atoms with Crippen molar-refractivity contribution in [3.8, 4) is 11.5 Å². The maximum Gasteiger partial charge on any atom is 0.254 e. The zero-order chi connectivity index (χ0) is 14.8. The Kier molecular flexibility index (Phi) is 3.88. The Hall–Kier alpha value is -1.95. The van der Waals surface area contributed by atoms with Crippen LogP contribution < -0.4 is 14.8 Å². The van der Waals surface area contributed by atoms with Crippen LogP contribution in [0.25, 0.3) is 0 Å². The van der Waals surface area contributed by atoms with Gasteiger partial charge in [-0.25, -0.2) is 0 Å². The minimum absolute atomic E-state index is 0.0366. The van der Waals surface area contributed by atoms with Crippen LogP contribution in [0, 0.1) is 0 Å². The molecule has 7 heteroatoms. The van der Waals surface area contributed by atoms with Crippen molar-refractivity contribution < 1.29 is 19.1 Å². The standard InChI is InChI=1S/C14H15ClN2O4/c15-10-7-9(8-11-13(10)21-6-5-20-11)14(19)17-3-1-12(18)16-2-4-17/h7-8H,1-6H2,(H,16,18). The largest absolute Gasteiger partial charge is 0.486 e. The minimum atomic E-state index is -0.162. The quantitative estimate of drug-likeness (QED) is 0.842. The normalized spacial score (nSPS) is 18.0. The zero-order valence-electron chi connectivity index (χ0n) is 11.4. The average molecular weight is 311 g/mol. The van der Waals surface area contributed by atoms with Crippen molar-refractivity contribution in [1.82, 2.24) is 10.2 Å². The number of rotatable bonds is 1. The summed E-state index contributed by atoms with van der Waals surface area (Å²) in [5, 5.41) is 3.10. The molecule has 0 bridgehead atoms. The number of benzene rings is 1. The van der Waals surface area contributed by atoms with Crippen molar-refractivity contribution in [3.05, 3.63) is 22.7 Å². The summed E-state index contributed by atoms with van der Waals surface area (Å²) < 4.78 is 10.9. The fourth-order valence-corrected chi connectivity index (χ4v) is 2.65. The van der Waals surface area contributed by atoms with E-state index in [4.69, 9.17) is 21.1 Å². The molecule has 0 unspecified atom stereocenters. The number of amides is 2. The highest BCUT2D eigenvalue weighted by Gasteiger charge is 2.23. The molecule has 21 heavy (non-hydrogen) atoms. The topological polar surface area (TPSA) is 67.9 Å². The summed E-state index contributed by atoms with van der Waals surface area (Å²) in [4.78, 5) is 25.5. The Morgan fingerprint density at radius 1 is 1.24 bits per heavy atom. The molecule has 2 aliphatic rings. The summed E-state index contributed by atoms with van der Waals surface area (Å²) in [6.45, 7) is 2.22. The molecule has 1 fully saturated rings. The fourth-order valence-electron chi connectivity index (χ4n) is 2.39. The van der Waals surface area contributed by atoms with E-state index in [2.05, 4.69) is 5.32 Å². The van der Waals surface area contributed by atoms with Crippen LogP contribution in [0.3, 0.4) is 0 Å². The number of carbonyl (C=O) groups excluding carboxylic acids is 2. The number of nitrogens with one attached hydrogen (secondary N) is 1. The van der Waals surface area contributed by atoms with E-state index < -0.39 is 0 Å². The first-order valence-corrected chi connectivity index (χ1v) is 7.18. The molecule has 1 N–H and O–H groups in total. The molecule has 2 aliphatic heterocycles. The Morgan fingerprint density at radius 3 is 2.90 bits per heavy atom. The number of hydrogen-bond donors (Lipinski definition) is 1. The van der Waals surface area contributed by atoms with Gasteiger partial charge in [-0.3, -0.25) is 9.59 Å². The Balaban J connectivity index is 1.84. The SMILES string of the molecule is O=C1CCN(C(=O)c2cc(Cl)c3c(c2)OCCO3)CCN1. The maximum absolute atomic E-state index is 12.5. The van der Waals surface area contributed by atoms with Crippen molar-refractivity contribution >= 4 is 23.4 Å². The van der Waals surface area contributed by atoms with E-state index in [1.807, 2.05) is 0 Å². The smallest absolute Gasteiger partial charge is 0.254 e. The molecule has 6 nitrogen and oxygen atoms in total. The van der Waals surface area contributed by atoms with Crippen molar-refractivity contribution in [3.63, 3.8) is 0 Å². The molecule has 3 rings (SSSR count). The lowest BCUT2D eigenvalue weighted by Crippen LogP contribution is -2.34. The van der Waals surface area contributed by atoms with Crippen molar-refractivity contribution in [2.24, 2.45) is 0 Å². The average Bonchev–Trinajstić information content (AvgIpc) is 2.71. The van der Waals surface area contributed by atoms with E-state index in [0.29, 0.717) is 61.4 Å². The molecule has 0 aliphatic carbocycles. The summed E-state index contributed by atoms with van der Waals surface area (Å²) in [7, 11) is 0. The number of carbonyl (C=O) groups is 2. The molecule has 0 saturated carbocycles. The van der Waals surface area contributed by atoms with Crippen LogP contribution in [0.1, 0.15) is 16.8 Å². The van der Waals surface area contributed by atoms with E-state index in [1.54, 1.807) is 17.0 Å². The van der Waals surface area contributed by atoms with Gasteiger partial charge < -0.3 is 19.7 Å². The third kappa shape index (κ3) is 2.90. The molecule has 2 heterocycles. The molecule has 1 saturated heterocycles. The van der Waals surface area contributed by atoms with E-state index in [-0.39, 0.29) is 11.8 Å². The summed E-state index contributed by atoms with van der Waals surface area (Å²) in [5.41, 5.74) is 0.443. The van der Waals surface area contributed by atoms with Crippen LogP contribution >= 0.6 is 11.6 Å². The van der Waals surface area contributed by atoms with Gasteiger partial charge in [-0.2, -0.15) is 0 Å². The minimum Gasteiger partial charge on any atom is -0.486 e. The predicted molar refractivity (Wildman–Crippen MR) is 76.0 cm³/mol. The first-order valence-electron chi connectivity index (χ1n) is 6.80. The van der Waals surface area contributed by atoms with Crippen molar-refractivity contribution in [2.75, 3.05) is 32.8 Å². The lowest BCUT2D eigenvalue weighted by atomic mass is 10.1. The molecule has 112 valence electrons. The molecule has 0 radical (unpaired) electrons. The van der Waals surface area contributed by atoms with E-state index in [1.165, 1.54) is 0 Å². The van der Waals surface area contributed by atoms with Gasteiger partial charge in [-0.1, -0.05) is 11.6 Å². The van der Waals surface area contributed by atoms with Gasteiger partial charge in [-0.15, -0.1) is 0 Å². The van der Waals surface area contributed by atoms with Gasteiger partial charge in [0.1, 0.15) is 13.2 Å². The summed E-state index contributed by atoms with van der Waals surface area (Å²) >= 11 is 6.14. The van der Waals surface area contributed by atoms with Gasteiger partial charge in [0.25, 0.3) is 5.91 Å². The predicted octanol–water partition coefficient (Wildman–Crippen LogP) is 1.07. The van der Waals surface area contributed by atoms with Crippen LogP contribution in [-0.4, -0.2) is 49.6 Å². The van der Waals surface area contributed by atoms with Crippen LogP contribution in [0.2, 0.25) is 5.02 Å². The number of nitrogens with zero attached hydrogens (tertiary/aromatic N) is 1. The second kappa shape index (κ2) is 5.81. The molecule has 0 aromatic heterocycles. The highest BCUT2D eigenvalue weighted by atomic mass is 35.5. The second-order valence-corrected chi connectivity index (χ2v) is 5.28. The fraction of sp³-hybridized carbons (Fsp3) is 0.429. The highest BCUT2D eigenvalue weighted by Crippen LogP contribution is 2.38. The number of ether oxygens (including phenoxy) is 2. The van der Waals surface area contributed by atoms with Crippen molar-refractivity contribution in [1.29, 1.82) is 0 Å². The molecule has 2 amide bonds. The van der Waals surface area contributed by atoms with Gasteiger partial charge in [-0.05, 0) is 12.1 Å². The lowest BCUT2D eigenvalue weighted by Gasteiger charge is -2.23. The van der Waals surface area contributed by atoms with Crippen LogP contribution in [-0.2, 0) is 4.79 Å². The highest BCUT2D eigenvalue weighted by molar-refractivity contribution is 6.32. The molecule has 1 aromatic rings. The van der Waals surface area contributed by atoms with Gasteiger partial charge in [0, 0.05) is 31.6 Å². The third-order valence-electron chi connectivity index (χ3n) is 3.44. The number of hydrogen-bond acceptors (Lipinski definition) is 4. The maximum atomic E-state index is 12.5. The van der Waals surface area contributed by atoms with Crippen molar-refractivity contribution in [2.45, 2.75) is 6.42 Å². The van der Waals surface area contributed by atoms with Crippen LogP contribution in [0.15, 0.2) is 12.1 Å². The molecular formula is C14H15ClN2O4. The Bertz CT molecular complexity index is 591. The molecule has 1 aromatic carbocycles. The van der Waals surface area contributed by atoms with E-state index in [9.17, 15) is 9.59 Å².